The lowest BCUT2D eigenvalue weighted by Gasteiger charge is -2.28. The Kier molecular flexibility index (Phi) is 4.63. The van der Waals surface area contributed by atoms with Crippen LogP contribution in [0.5, 0.6) is 0 Å². The molecule has 1 N–H and O–H groups in total. The van der Waals surface area contributed by atoms with E-state index in [9.17, 15) is 14.3 Å². The van der Waals surface area contributed by atoms with E-state index in [4.69, 9.17) is 0 Å². The highest BCUT2D eigenvalue weighted by molar-refractivity contribution is 5.94. The molecule has 0 aliphatic carbocycles. The van der Waals surface area contributed by atoms with Crippen molar-refractivity contribution in [3.63, 3.8) is 0 Å². The van der Waals surface area contributed by atoms with Gasteiger partial charge in [0.2, 0.25) is 0 Å². The first-order valence-corrected chi connectivity index (χ1v) is 5.67. The first-order valence-electron chi connectivity index (χ1n) is 5.67. The predicted octanol–water partition coefficient (Wildman–Crippen LogP) is 2.06. The lowest BCUT2D eigenvalue weighted by atomic mass is 10.1. The molecule has 0 saturated carbocycles. The van der Waals surface area contributed by atoms with Gasteiger partial charge in [0.05, 0.1) is 11.7 Å². The molecule has 1 aromatic rings. The van der Waals surface area contributed by atoms with E-state index in [0.717, 1.165) is 0 Å². The van der Waals surface area contributed by atoms with Gasteiger partial charge in [0.25, 0.3) is 5.91 Å². The molecular formula is C13H18FNO2. The number of hydrogen-bond donors (Lipinski definition) is 1. The van der Waals surface area contributed by atoms with E-state index in [-0.39, 0.29) is 24.1 Å². The molecule has 0 radical (unpaired) electrons. The van der Waals surface area contributed by atoms with Gasteiger partial charge in [-0.15, -0.1) is 0 Å². The van der Waals surface area contributed by atoms with Gasteiger partial charge in [0.1, 0.15) is 5.82 Å². The lowest BCUT2D eigenvalue weighted by Crippen LogP contribution is -2.41. The third-order valence-corrected chi connectivity index (χ3v) is 2.45. The van der Waals surface area contributed by atoms with Gasteiger partial charge >= 0.3 is 0 Å². The third kappa shape index (κ3) is 3.53. The molecular weight excluding hydrogens is 221 g/mol. The standard InChI is InChI=1S/C13H18FNO2/c1-9(2)15(8-10(3)16)13(17)11-6-4-5-7-12(11)14/h4-7,9-10,16H,8H2,1-3H3. The maximum atomic E-state index is 13.5. The van der Waals surface area contributed by atoms with Crippen LogP contribution in [0.2, 0.25) is 0 Å². The van der Waals surface area contributed by atoms with Crippen molar-refractivity contribution in [2.24, 2.45) is 0 Å². The molecule has 0 aliphatic heterocycles. The van der Waals surface area contributed by atoms with Crippen LogP contribution in [0.25, 0.3) is 0 Å². The second-order valence-electron chi connectivity index (χ2n) is 4.38. The average Bonchev–Trinajstić information content (AvgIpc) is 2.25. The molecule has 94 valence electrons. The number of aliphatic hydroxyl groups excluding tert-OH is 1. The van der Waals surface area contributed by atoms with Crippen molar-refractivity contribution in [1.82, 2.24) is 4.90 Å². The van der Waals surface area contributed by atoms with Crippen molar-refractivity contribution in [2.75, 3.05) is 6.54 Å². The largest absolute Gasteiger partial charge is 0.392 e. The number of amides is 1. The van der Waals surface area contributed by atoms with E-state index in [1.54, 1.807) is 19.1 Å². The van der Waals surface area contributed by atoms with Crippen LogP contribution in [0.1, 0.15) is 31.1 Å². The predicted molar refractivity (Wildman–Crippen MR) is 64.3 cm³/mol. The normalized spacial score (nSPS) is 12.6. The van der Waals surface area contributed by atoms with Crippen LogP contribution in [0, 0.1) is 5.82 Å². The van der Waals surface area contributed by atoms with Crippen LogP contribution in [0.4, 0.5) is 4.39 Å². The van der Waals surface area contributed by atoms with Crippen molar-refractivity contribution >= 4 is 5.91 Å². The monoisotopic (exact) mass is 239 g/mol. The molecule has 3 nitrogen and oxygen atoms in total. The molecule has 0 aliphatic rings. The van der Waals surface area contributed by atoms with Gasteiger partial charge in [0, 0.05) is 12.6 Å². The minimum atomic E-state index is -0.631. The summed E-state index contributed by atoms with van der Waals surface area (Å²) >= 11 is 0. The highest BCUT2D eigenvalue weighted by atomic mass is 19.1. The highest BCUT2D eigenvalue weighted by Gasteiger charge is 2.22. The fourth-order valence-electron chi connectivity index (χ4n) is 1.60. The van der Waals surface area contributed by atoms with E-state index in [0.29, 0.717) is 0 Å². The van der Waals surface area contributed by atoms with Gasteiger partial charge in [-0.05, 0) is 32.9 Å². The number of halogens is 1. The number of rotatable bonds is 4. The van der Waals surface area contributed by atoms with Gasteiger partial charge in [0.15, 0.2) is 0 Å². The Hall–Kier alpha value is -1.42. The molecule has 1 rings (SSSR count). The van der Waals surface area contributed by atoms with Gasteiger partial charge in [-0.1, -0.05) is 12.1 Å². The zero-order chi connectivity index (χ0) is 13.0. The first-order chi connectivity index (χ1) is 7.93. The molecule has 17 heavy (non-hydrogen) atoms. The summed E-state index contributed by atoms with van der Waals surface area (Å²) in [7, 11) is 0. The van der Waals surface area contributed by atoms with E-state index < -0.39 is 11.9 Å². The topological polar surface area (TPSA) is 40.5 Å². The lowest BCUT2D eigenvalue weighted by molar-refractivity contribution is 0.0574. The number of carbonyl (C=O) groups is 1. The van der Waals surface area contributed by atoms with Crippen LogP contribution in [0.3, 0.4) is 0 Å². The quantitative estimate of drug-likeness (QED) is 0.873. The minimum absolute atomic E-state index is 0.0434. The summed E-state index contributed by atoms with van der Waals surface area (Å²) in [5.74, 6) is -0.923. The van der Waals surface area contributed by atoms with Crippen LogP contribution in [-0.4, -0.2) is 34.6 Å². The smallest absolute Gasteiger partial charge is 0.257 e. The molecule has 1 atom stereocenters. The summed E-state index contributed by atoms with van der Waals surface area (Å²) in [5, 5.41) is 9.35. The van der Waals surface area contributed by atoms with E-state index >= 15 is 0 Å². The Morgan fingerprint density at radius 2 is 1.94 bits per heavy atom. The number of benzene rings is 1. The van der Waals surface area contributed by atoms with Crippen molar-refractivity contribution in [1.29, 1.82) is 0 Å². The number of hydrogen-bond acceptors (Lipinski definition) is 2. The zero-order valence-electron chi connectivity index (χ0n) is 10.4. The van der Waals surface area contributed by atoms with Crippen molar-refractivity contribution in [3.05, 3.63) is 35.6 Å². The molecule has 0 spiro atoms. The molecule has 0 aromatic heterocycles. The van der Waals surface area contributed by atoms with Gasteiger partial charge in [-0.2, -0.15) is 0 Å². The van der Waals surface area contributed by atoms with Crippen molar-refractivity contribution in [3.8, 4) is 0 Å². The molecule has 4 heteroatoms. The third-order valence-electron chi connectivity index (χ3n) is 2.45. The van der Waals surface area contributed by atoms with E-state index in [2.05, 4.69) is 0 Å². The second kappa shape index (κ2) is 5.77. The fraction of sp³-hybridized carbons (Fsp3) is 0.462. The molecule has 1 unspecified atom stereocenters. The molecule has 0 fully saturated rings. The van der Waals surface area contributed by atoms with Crippen molar-refractivity contribution < 1.29 is 14.3 Å². The summed E-state index contributed by atoms with van der Waals surface area (Å²) in [6.07, 6.45) is -0.631. The minimum Gasteiger partial charge on any atom is -0.392 e. The summed E-state index contributed by atoms with van der Waals surface area (Å²) in [5.41, 5.74) is 0.0434. The van der Waals surface area contributed by atoms with Crippen LogP contribution in [0.15, 0.2) is 24.3 Å². The number of nitrogens with zero attached hydrogens (tertiary/aromatic N) is 1. The summed E-state index contributed by atoms with van der Waals surface area (Å²) < 4.78 is 13.5. The SMILES string of the molecule is CC(O)CN(C(=O)c1ccccc1F)C(C)C. The van der Waals surface area contributed by atoms with Gasteiger partial charge < -0.3 is 10.0 Å². The number of aliphatic hydroxyl groups is 1. The van der Waals surface area contributed by atoms with Crippen molar-refractivity contribution in [2.45, 2.75) is 32.9 Å². The Labute approximate surface area is 101 Å². The second-order valence-corrected chi connectivity index (χ2v) is 4.38. The van der Waals surface area contributed by atoms with E-state index in [1.807, 2.05) is 13.8 Å². The Morgan fingerprint density at radius 3 is 2.41 bits per heavy atom. The molecule has 1 amide bonds. The van der Waals surface area contributed by atoms with Crippen LogP contribution < -0.4 is 0 Å². The molecule has 0 saturated heterocycles. The van der Waals surface area contributed by atoms with E-state index in [1.165, 1.54) is 17.0 Å². The highest BCUT2D eigenvalue weighted by Crippen LogP contribution is 2.12. The first kappa shape index (κ1) is 13.6. The Bertz CT molecular complexity index is 391. The average molecular weight is 239 g/mol. The summed E-state index contributed by atoms with van der Waals surface area (Å²) in [6.45, 7) is 5.47. The summed E-state index contributed by atoms with van der Waals surface area (Å²) in [6, 6.07) is 5.79. The Morgan fingerprint density at radius 1 is 1.35 bits per heavy atom. The fourth-order valence-corrected chi connectivity index (χ4v) is 1.60. The van der Waals surface area contributed by atoms with Crippen LogP contribution >= 0.6 is 0 Å². The van der Waals surface area contributed by atoms with Crippen LogP contribution in [-0.2, 0) is 0 Å². The summed E-state index contributed by atoms with van der Waals surface area (Å²) in [4.78, 5) is 13.6. The molecule has 1 aromatic carbocycles. The van der Waals surface area contributed by atoms with Gasteiger partial charge in [-0.3, -0.25) is 4.79 Å². The molecule has 0 bridgehead atoms. The zero-order valence-corrected chi connectivity index (χ0v) is 10.4. The molecule has 0 heterocycles. The maximum Gasteiger partial charge on any atom is 0.257 e. The van der Waals surface area contributed by atoms with Gasteiger partial charge in [-0.25, -0.2) is 4.39 Å². The number of carbonyl (C=O) groups excluding carboxylic acids is 1. The Balaban J connectivity index is 2.96. The maximum absolute atomic E-state index is 13.5.